The third-order valence-electron chi connectivity index (χ3n) is 4.03. The van der Waals surface area contributed by atoms with E-state index >= 15 is 0 Å². The van der Waals surface area contributed by atoms with Gasteiger partial charge in [-0.3, -0.25) is 4.79 Å². The van der Waals surface area contributed by atoms with E-state index in [1.165, 1.54) is 11.3 Å². The minimum absolute atomic E-state index is 0.0505. The Morgan fingerprint density at radius 3 is 2.79 bits per heavy atom. The first-order valence-corrected chi connectivity index (χ1v) is 8.65. The maximum absolute atomic E-state index is 12.5. The highest BCUT2D eigenvalue weighted by molar-refractivity contribution is 7.17. The largest absolute Gasteiger partial charge is 0.493 e. The predicted octanol–water partition coefficient (Wildman–Crippen LogP) is 2.23. The summed E-state index contributed by atoms with van der Waals surface area (Å²) in [6.07, 6.45) is 0.964. The third kappa shape index (κ3) is 3.37. The van der Waals surface area contributed by atoms with Gasteiger partial charge in [-0.25, -0.2) is 4.98 Å². The van der Waals surface area contributed by atoms with Crippen LogP contribution >= 0.6 is 11.3 Å². The van der Waals surface area contributed by atoms with Gasteiger partial charge in [-0.15, -0.1) is 11.3 Å². The molecule has 1 fully saturated rings. The Morgan fingerprint density at radius 1 is 1.33 bits per heavy atom. The summed E-state index contributed by atoms with van der Waals surface area (Å²) in [5.74, 6) is 1.26. The summed E-state index contributed by atoms with van der Waals surface area (Å²) in [5.41, 5.74) is 1.65. The fourth-order valence-electron chi connectivity index (χ4n) is 2.73. The summed E-state index contributed by atoms with van der Waals surface area (Å²) in [6, 6.07) is 5.83. The van der Waals surface area contributed by atoms with Crippen LogP contribution in [0.2, 0.25) is 0 Å². The van der Waals surface area contributed by atoms with Crippen molar-refractivity contribution in [3.63, 3.8) is 0 Å². The van der Waals surface area contributed by atoms with E-state index in [1.807, 2.05) is 25.1 Å². The molecule has 1 atom stereocenters. The molecule has 1 unspecified atom stereocenters. The van der Waals surface area contributed by atoms with Gasteiger partial charge >= 0.3 is 0 Å². The summed E-state index contributed by atoms with van der Waals surface area (Å²) >= 11 is 1.40. The van der Waals surface area contributed by atoms with E-state index in [4.69, 9.17) is 9.47 Å². The molecule has 2 aromatic rings. The van der Waals surface area contributed by atoms with Gasteiger partial charge in [0.2, 0.25) is 0 Å². The van der Waals surface area contributed by atoms with Gasteiger partial charge in [0.25, 0.3) is 5.91 Å². The number of hydrogen-bond donors (Lipinski definition) is 2. The first-order valence-electron chi connectivity index (χ1n) is 7.83. The molecule has 1 aliphatic rings. The molecule has 7 heteroatoms. The zero-order valence-corrected chi connectivity index (χ0v) is 14.8. The Kier molecular flexibility index (Phi) is 5.01. The molecule has 1 aromatic heterocycles. The standard InChI is InChI=1S/C17H21N3O3S/c1-10-15(16(21)20-12-6-7-18-9-12)24-17(19-10)11-4-5-13(22-2)14(8-11)23-3/h4-5,8,12,18H,6-7,9H2,1-3H3,(H,20,21). The van der Waals surface area contributed by atoms with E-state index < -0.39 is 0 Å². The summed E-state index contributed by atoms with van der Waals surface area (Å²) in [5, 5.41) is 7.11. The molecule has 0 saturated carbocycles. The molecule has 1 saturated heterocycles. The fraction of sp³-hybridized carbons (Fsp3) is 0.412. The fourth-order valence-corrected chi connectivity index (χ4v) is 3.69. The summed E-state index contributed by atoms with van der Waals surface area (Å²) in [4.78, 5) is 17.7. The number of hydrogen-bond acceptors (Lipinski definition) is 6. The molecular weight excluding hydrogens is 326 g/mol. The number of rotatable bonds is 5. The zero-order chi connectivity index (χ0) is 17.1. The smallest absolute Gasteiger partial charge is 0.263 e. The van der Waals surface area contributed by atoms with Crippen LogP contribution in [0.25, 0.3) is 10.6 Å². The van der Waals surface area contributed by atoms with Crippen molar-refractivity contribution in [2.75, 3.05) is 27.3 Å². The molecule has 0 spiro atoms. The number of benzene rings is 1. The Balaban J connectivity index is 1.84. The number of carbonyl (C=O) groups is 1. The van der Waals surface area contributed by atoms with Crippen LogP contribution in [-0.2, 0) is 0 Å². The number of nitrogens with zero attached hydrogens (tertiary/aromatic N) is 1. The van der Waals surface area contributed by atoms with E-state index in [2.05, 4.69) is 15.6 Å². The van der Waals surface area contributed by atoms with Crippen LogP contribution in [0, 0.1) is 6.92 Å². The molecule has 128 valence electrons. The van der Waals surface area contributed by atoms with Crippen LogP contribution in [0.4, 0.5) is 0 Å². The highest BCUT2D eigenvalue weighted by Crippen LogP contribution is 2.35. The minimum Gasteiger partial charge on any atom is -0.493 e. The number of aryl methyl sites for hydroxylation is 1. The second-order valence-corrected chi connectivity index (χ2v) is 6.67. The highest BCUT2D eigenvalue weighted by Gasteiger charge is 2.21. The monoisotopic (exact) mass is 347 g/mol. The molecule has 0 radical (unpaired) electrons. The minimum atomic E-state index is -0.0505. The van der Waals surface area contributed by atoms with Crippen molar-refractivity contribution in [2.24, 2.45) is 0 Å². The van der Waals surface area contributed by atoms with Gasteiger partial charge in [0.15, 0.2) is 11.5 Å². The van der Waals surface area contributed by atoms with E-state index in [9.17, 15) is 4.79 Å². The predicted molar refractivity (Wildman–Crippen MR) is 94.1 cm³/mol. The van der Waals surface area contributed by atoms with Gasteiger partial charge in [-0.2, -0.15) is 0 Å². The molecule has 6 nitrogen and oxygen atoms in total. The lowest BCUT2D eigenvalue weighted by Crippen LogP contribution is -2.36. The summed E-state index contributed by atoms with van der Waals surface area (Å²) < 4.78 is 10.6. The van der Waals surface area contributed by atoms with Crippen LogP contribution < -0.4 is 20.1 Å². The van der Waals surface area contributed by atoms with E-state index in [1.54, 1.807) is 14.2 Å². The molecule has 0 bridgehead atoms. The lowest BCUT2D eigenvalue weighted by atomic mass is 10.2. The van der Waals surface area contributed by atoms with Crippen LogP contribution in [-0.4, -0.2) is 44.2 Å². The Labute approximate surface area is 145 Å². The molecule has 3 rings (SSSR count). The maximum atomic E-state index is 12.5. The molecule has 2 heterocycles. The number of ether oxygens (including phenoxy) is 2. The van der Waals surface area contributed by atoms with Crippen LogP contribution in [0.15, 0.2) is 18.2 Å². The van der Waals surface area contributed by atoms with E-state index in [0.717, 1.165) is 35.8 Å². The summed E-state index contributed by atoms with van der Waals surface area (Å²) in [7, 11) is 3.20. The van der Waals surface area contributed by atoms with Crippen molar-refractivity contribution >= 4 is 17.2 Å². The van der Waals surface area contributed by atoms with Gasteiger partial charge in [0, 0.05) is 18.2 Å². The van der Waals surface area contributed by atoms with Gasteiger partial charge in [-0.1, -0.05) is 0 Å². The molecular formula is C17H21N3O3S. The quantitative estimate of drug-likeness (QED) is 0.868. The number of carbonyl (C=O) groups excluding carboxylic acids is 1. The molecule has 1 aromatic carbocycles. The normalized spacial score (nSPS) is 16.9. The van der Waals surface area contributed by atoms with Gasteiger partial charge < -0.3 is 20.1 Å². The average molecular weight is 347 g/mol. The number of aromatic nitrogens is 1. The number of amides is 1. The second-order valence-electron chi connectivity index (χ2n) is 5.67. The van der Waals surface area contributed by atoms with Crippen molar-refractivity contribution < 1.29 is 14.3 Å². The summed E-state index contributed by atoms with van der Waals surface area (Å²) in [6.45, 7) is 3.64. The Bertz CT molecular complexity index is 739. The maximum Gasteiger partial charge on any atom is 0.263 e. The van der Waals surface area contributed by atoms with Crippen LogP contribution in [0.3, 0.4) is 0 Å². The zero-order valence-electron chi connectivity index (χ0n) is 14.0. The molecule has 0 aliphatic carbocycles. The van der Waals surface area contributed by atoms with Gasteiger partial charge in [0.05, 0.1) is 19.9 Å². The van der Waals surface area contributed by atoms with Crippen molar-refractivity contribution in [1.82, 2.24) is 15.6 Å². The Hall–Kier alpha value is -2.12. The first-order chi connectivity index (χ1) is 11.6. The lowest BCUT2D eigenvalue weighted by Gasteiger charge is -2.10. The number of nitrogens with one attached hydrogen (secondary N) is 2. The average Bonchev–Trinajstić information content (AvgIpc) is 3.23. The highest BCUT2D eigenvalue weighted by atomic mass is 32.1. The topological polar surface area (TPSA) is 72.5 Å². The van der Waals surface area contributed by atoms with Crippen LogP contribution in [0.5, 0.6) is 11.5 Å². The first kappa shape index (κ1) is 16.7. The van der Waals surface area contributed by atoms with Gasteiger partial charge in [0.1, 0.15) is 9.88 Å². The lowest BCUT2D eigenvalue weighted by molar-refractivity contribution is 0.0943. The third-order valence-corrected chi connectivity index (χ3v) is 5.23. The van der Waals surface area contributed by atoms with Crippen molar-refractivity contribution in [1.29, 1.82) is 0 Å². The number of methoxy groups -OCH3 is 2. The van der Waals surface area contributed by atoms with Crippen molar-refractivity contribution in [3.05, 3.63) is 28.8 Å². The molecule has 1 amide bonds. The molecule has 1 aliphatic heterocycles. The van der Waals surface area contributed by atoms with Crippen LogP contribution in [0.1, 0.15) is 21.8 Å². The van der Waals surface area contributed by atoms with Gasteiger partial charge in [-0.05, 0) is 38.1 Å². The van der Waals surface area contributed by atoms with E-state index in [0.29, 0.717) is 16.4 Å². The molecule has 2 N–H and O–H groups in total. The Morgan fingerprint density at radius 2 is 2.12 bits per heavy atom. The number of thiazole rings is 1. The molecule has 24 heavy (non-hydrogen) atoms. The van der Waals surface area contributed by atoms with E-state index in [-0.39, 0.29) is 11.9 Å². The SMILES string of the molecule is COc1ccc(-c2nc(C)c(C(=O)NC3CCNC3)s2)cc1OC. The van der Waals surface area contributed by atoms with Crippen molar-refractivity contribution in [2.45, 2.75) is 19.4 Å². The van der Waals surface area contributed by atoms with Crippen molar-refractivity contribution in [3.8, 4) is 22.1 Å². The second kappa shape index (κ2) is 7.19.